The highest BCUT2D eigenvalue weighted by Gasteiger charge is 2.51. The van der Waals surface area contributed by atoms with Crippen LogP contribution in [-0.2, 0) is 36.1 Å². The molecule has 26 nitrogen and oxygen atoms in total. The molecular formula is C22H32N9O17P3. The van der Waals surface area contributed by atoms with Gasteiger partial charge in [0.2, 0.25) is 5.95 Å². The predicted molar refractivity (Wildman–Crippen MR) is 171 cm³/mol. The van der Waals surface area contributed by atoms with E-state index in [2.05, 4.69) is 38.7 Å². The number of aliphatic hydroxyl groups excluding tert-OH is 2. The standard InChI is InChI=1S/C22H32N9O17P3/c1-44-51(43,48-50(41,42)47-49(38,39)40)46-21-17(33)16(32)20(45-21)29-19-15(18(23)26-11-27-19)28-22(29)25-9-5-3-2-4-8-24-13-7-6-12(30(34)35)10-14(13)31(36)37/h6-7,10-11,16-17,20-21,24,32-33H,2-5,8-9H2,1H3,(H,25,28)(H,41,42)(H2,23,26,27)(H2,38,39,40)/t16-,17+,20-,21-,51?/m1/s1. The number of nitro benzene ring substituents is 2. The van der Waals surface area contributed by atoms with Crippen LogP contribution in [0.4, 0.5) is 28.8 Å². The van der Waals surface area contributed by atoms with Gasteiger partial charge in [0.25, 0.3) is 11.4 Å². The van der Waals surface area contributed by atoms with Crippen molar-refractivity contribution in [3.63, 3.8) is 0 Å². The second-order valence-corrected chi connectivity index (χ2v) is 15.1. The van der Waals surface area contributed by atoms with E-state index in [0.29, 0.717) is 39.3 Å². The number of nitrogens with one attached hydrogen (secondary N) is 2. The number of imidazole rings is 1. The third-order valence-electron chi connectivity index (χ3n) is 6.91. The quantitative estimate of drug-likeness (QED) is 0.0372. The van der Waals surface area contributed by atoms with E-state index >= 15 is 0 Å². The van der Waals surface area contributed by atoms with Crippen LogP contribution in [0, 0.1) is 20.2 Å². The fraction of sp³-hybridized carbons (Fsp3) is 0.500. The van der Waals surface area contributed by atoms with Crippen molar-refractivity contribution in [1.29, 1.82) is 0 Å². The minimum Gasteiger partial charge on any atom is -0.385 e. The summed E-state index contributed by atoms with van der Waals surface area (Å²) in [6.07, 6.45) is -4.06. The molecule has 0 radical (unpaired) electrons. The molecule has 0 spiro atoms. The summed E-state index contributed by atoms with van der Waals surface area (Å²) in [5.41, 5.74) is 5.33. The van der Waals surface area contributed by atoms with Gasteiger partial charge in [0, 0.05) is 26.3 Å². The molecule has 1 aliphatic rings. The molecule has 0 bridgehead atoms. The van der Waals surface area contributed by atoms with Gasteiger partial charge in [0.05, 0.1) is 15.9 Å². The van der Waals surface area contributed by atoms with E-state index in [9.17, 15) is 49.0 Å². The van der Waals surface area contributed by atoms with Gasteiger partial charge >= 0.3 is 23.5 Å². The number of phosphoric ester groups is 1. The van der Waals surface area contributed by atoms with Gasteiger partial charge in [-0.3, -0.25) is 33.8 Å². The summed E-state index contributed by atoms with van der Waals surface area (Å²) >= 11 is 0. The molecule has 4 rings (SSSR count). The zero-order valence-corrected chi connectivity index (χ0v) is 28.8. The van der Waals surface area contributed by atoms with Crippen molar-refractivity contribution >= 4 is 63.5 Å². The van der Waals surface area contributed by atoms with Crippen molar-refractivity contribution in [2.75, 3.05) is 36.6 Å². The van der Waals surface area contributed by atoms with Crippen molar-refractivity contribution in [3.05, 3.63) is 44.8 Å². The lowest BCUT2D eigenvalue weighted by atomic mass is 10.2. The van der Waals surface area contributed by atoms with Gasteiger partial charge in [0.1, 0.15) is 24.2 Å². The Bertz CT molecular complexity index is 1890. The molecule has 51 heavy (non-hydrogen) atoms. The van der Waals surface area contributed by atoms with E-state index in [4.69, 9.17) is 24.8 Å². The molecule has 1 saturated heterocycles. The topological polar surface area (TPSA) is 378 Å². The van der Waals surface area contributed by atoms with Crippen molar-refractivity contribution < 1.29 is 70.8 Å². The average Bonchev–Trinajstić information content (AvgIpc) is 3.53. The lowest BCUT2D eigenvalue weighted by Gasteiger charge is -2.22. The summed E-state index contributed by atoms with van der Waals surface area (Å²) in [6.45, 7) is 0.622. The summed E-state index contributed by atoms with van der Waals surface area (Å²) in [4.78, 5) is 60.3. The van der Waals surface area contributed by atoms with E-state index in [1.807, 2.05) is 0 Å². The molecule has 2 aromatic heterocycles. The Hall–Kier alpha value is -3.74. The number of benzene rings is 1. The zero-order chi connectivity index (χ0) is 37.7. The number of anilines is 3. The van der Waals surface area contributed by atoms with E-state index in [1.165, 1.54) is 10.6 Å². The third-order valence-corrected chi connectivity index (χ3v) is 11.1. The van der Waals surface area contributed by atoms with Crippen LogP contribution in [0.1, 0.15) is 31.9 Å². The molecule has 1 aromatic carbocycles. The lowest BCUT2D eigenvalue weighted by molar-refractivity contribution is -0.393. The van der Waals surface area contributed by atoms with Gasteiger partial charge < -0.3 is 46.0 Å². The summed E-state index contributed by atoms with van der Waals surface area (Å²) < 4.78 is 59.8. The number of phosphoric acid groups is 3. The number of nitrogens with two attached hydrogens (primary N) is 1. The van der Waals surface area contributed by atoms with Crippen molar-refractivity contribution in [1.82, 2.24) is 19.5 Å². The van der Waals surface area contributed by atoms with Crippen molar-refractivity contribution in [2.45, 2.75) is 50.4 Å². The number of nitrogens with zero attached hydrogens (tertiary/aromatic N) is 6. The van der Waals surface area contributed by atoms with Crippen molar-refractivity contribution in [3.8, 4) is 0 Å². The largest absolute Gasteiger partial charge is 0.490 e. The maximum atomic E-state index is 12.9. The maximum absolute atomic E-state index is 12.9. The molecule has 29 heteroatoms. The summed E-state index contributed by atoms with van der Waals surface area (Å²) in [7, 11) is -16.0. The molecular weight excluding hydrogens is 755 g/mol. The molecule has 2 unspecified atom stereocenters. The third kappa shape index (κ3) is 10.2. The number of rotatable bonds is 19. The van der Waals surface area contributed by atoms with Gasteiger partial charge in [-0.15, -0.1) is 0 Å². The minimum atomic E-state index is -5.78. The molecule has 3 aromatic rings. The Morgan fingerprint density at radius 1 is 0.980 bits per heavy atom. The maximum Gasteiger partial charge on any atom is 0.490 e. The van der Waals surface area contributed by atoms with E-state index < -0.39 is 69.4 Å². The van der Waals surface area contributed by atoms with Gasteiger partial charge in [-0.1, -0.05) is 12.8 Å². The average molecular weight is 787 g/mol. The number of fused-ring (bicyclic) bond motifs is 1. The number of ether oxygens (including phenoxy) is 1. The van der Waals surface area contributed by atoms with E-state index in [-0.39, 0.29) is 35.2 Å². The number of hydrogen-bond acceptors (Lipinski definition) is 20. The number of non-ortho nitro benzene ring substituents is 1. The number of nitro groups is 2. The Kier molecular flexibility index (Phi) is 12.8. The van der Waals surface area contributed by atoms with Gasteiger partial charge in [-0.25, -0.2) is 28.6 Å². The normalized spacial score (nSPS) is 21.6. The molecule has 0 aliphatic carbocycles. The Balaban J connectivity index is 1.39. The monoisotopic (exact) mass is 787 g/mol. The molecule has 1 fully saturated rings. The first-order valence-electron chi connectivity index (χ1n) is 14.4. The zero-order valence-electron chi connectivity index (χ0n) is 26.1. The number of nitrogen functional groups attached to an aromatic ring is 1. The van der Waals surface area contributed by atoms with Crippen LogP contribution in [0.5, 0.6) is 0 Å². The Labute approximate surface area is 285 Å². The first-order chi connectivity index (χ1) is 23.8. The first kappa shape index (κ1) is 40.0. The van der Waals surface area contributed by atoms with Crippen LogP contribution in [0.2, 0.25) is 0 Å². The SMILES string of the molecule is COP(=O)(O[C@H]1O[C@@H](n2c(NCCCCCCNc3ccc([N+](=O)[O-])cc3[N+](=O)[O-])nc3c(N)ncnc32)[C@H](O)[C@@H]1O)OP(=O)(O)OP(=O)(O)O. The van der Waals surface area contributed by atoms with Crippen LogP contribution >= 0.6 is 23.5 Å². The smallest absolute Gasteiger partial charge is 0.385 e. The van der Waals surface area contributed by atoms with Gasteiger partial charge in [-0.2, -0.15) is 8.62 Å². The second-order valence-electron chi connectivity index (χ2n) is 10.5. The number of unbranched alkanes of at least 4 members (excludes halogenated alkanes) is 3. The van der Waals surface area contributed by atoms with Crippen LogP contribution in [0.15, 0.2) is 24.5 Å². The number of aliphatic hydroxyl groups is 2. The number of aromatic nitrogens is 4. The van der Waals surface area contributed by atoms with Crippen LogP contribution in [0.3, 0.4) is 0 Å². The predicted octanol–water partition coefficient (Wildman–Crippen LogP) is 1.88. The highest BCUT2D eigenvalue weighted by atomic mass is 31.3. The molecule has 3 heterocycles. The van der Waals surface area contributed by atoms with E-state index in [0.717, 1.165) is 18.5 Å². The molecule has 0 saturated carbocycles. The molecule has 282 valence electrons. The van der Waals surface area contributed by atoms with Crippen LogP contribution in [-0.4, -0.2) is 93.0 Å². The van der Waals surface area contributed by atoms with E-state index in [1.54, 1.807) is 0 Å². The van der Waals surface area contributed by atoms with Gasteiger partial charge in [0.15, 0.2) is 29.5 Å². The molecule has 1 aliphatic heterocycles. The lowest BCUT2D eigenvalue weighted by Crippen LogP contribution is -2.32. The fourth-order valence-corrected chi connectivity index (χ4v) is 8.09. The van der Waals surface area contributed by atoms with Gasteiger partial charge in [-0.05, 0) is 18.9 Å². The molecule has 0 amide bonds. The number of hydrogen-bond donors (Lipinski definition) is 8. The van der Waals surface area contributed by atoms with Crippen molar-refractivity contribution in [2.24, 2.45) is 0 Å². The highest BCUT2D eigenvalue weighted by Crippen LogP contribution is 2.68. The molecule has 9 N–H and O–H groups in total. The second kappa shape index (κ2) is 16.3. The summed E-state index contributed by atoms with van der Waals surface area (Å²) in [6, 6.07) is 3.30. The van der Waals surface area contributed by atoms with Crippen LogP contribution in [0.25, 0.3) is 11.2 Å². The fourth-order valence-electron chi connectivity index (χ4n) is 4.68. The summed E-state index contributed by atoms with van der Waals surface area (Å²) in [5, 5.41) is 49.7. The van der Waals surface area contributed by atoms with Crippen LogP contribution < -0.4 is 16.4 Å². The minimum absolute atomic E-state index is 0.00869. The first-order valence-corrected chi connectivity index (χ1v) is 18.9. The Morgan fingerprint density at radius 2 is 1.65 bits per heavy atom. The summed E-state index contributed by atoms with van der Waals surface area (Å²) in [5.74, 6) is -0.0493. The molecule has 6 atom stereocenters. The highest BCUT2D eigenvalue weighted by molar-refractivity contribution is 7.66. The Morgan fingerprint density at radius 3 is 2.25 bits per heavy atom.